The van der Waals surface area contributed by atoms with E-state index in [4.69, 9.17) is 4.74 Å². The Bertz CT molecular complexity index is 2490. The van der Waals surface area contributed by atoms with Crippen LogP contribution in [0.1, 0.15) is 22.3 Å². The third kappa shape index (κ3) is 3.67. The summed E-state index contributed by atoms with van der Waals surface area (Å²) in [5, 5.41) is 2.36. The number of para-hydroxylation sites is 1. The van der Waals surface area contributed by atoms with Gasteiger partial charge in [0.2, 0.25) is 0 Å². The van der Waals surface area contributed by atoms with Crippen molar-refractivity contribution < 1.29 is 4.74 Å². The first-order valence-corrected chi connectivity index (χ1v) is 16.6. The molecule has 0 unspecified atom stereocenters. The molecule has 1 aliphatic heterocycles. The van der Waals surface area contributed by atoms with Crippen LogP contribution in [-0.4, -0.2) is 0 Å². The van der Waals surface area contributed by atoms with Gasteiger partial charge in [-0.3, -0.25) is 0 Å². The van der Waals surface area contributed by atoms with E-state index in [2.05, 4.69) is 176 Å². The minimum atomic E-state index is -0.440. The molecule has 0 fully saturated rings. The zero-order valence-corrected chi connectivity index (χ0v) is 26.2. The Morgan fingerprint density at radius 1 is 0.312 bits per heavy atom. The molecule has 0 bridgehead atoms. The van der Waals surface area contributed by atoms with Gasteiger partial charge in [0.05, 0.1) is 5.41 Å². The Hall–Kier alpha value is -6.18. The smallest absolute Gasteiger partial charge is 0.135 e. The number of fused-ring (bicyclic) bond motifs is 5. The topological polar surface area (TPSA) is 9.23 Å². The summed E-state index contributed by atoms with van der Waals surface area (Å²) < 4.78 is 6.46. The molecular formula is C47H30O. The number of hydrogen-bond acceptors (Lipinski definition) is 1. The maximum absolute atomic E-state index is 6.46. The van der Waals surface area contributed by atoms with Crippen LogP contribution in [0.4, 0.5) is 0 Å². The molecule has 10 rings (SSSR count). The van der Waals surface area contributed by atoms with Crippen molar-refractivity contribution in [2.45, 2.75) is 5.41 Å². The molecule has 8 aromatic carbocycles. The lowest BCUT2D eigenvalue weighted by Crippen LogP contribution is -2.28. The third-order valence-electron chi connectivity index (χ3n) is 10.4. The van der Waals surface area contributed by atoms with Crippen molar-refractivity contribution in [3.05, 3.63) is 204 Å². The molecule has 1 aliphatic carbocycles. The zero-order chi connectivity index (χ0) is 31.7. The molecular weight excluding hydrogens is 581 g/mol. The number of rotatable bonds is 4. The highest BCUT2D eigenvalue weighted by Crippen LogP contribution is 2.59. The molecule has 1 heterocycles. The fraction of sp³-hybridized carbons (Fsp3) is 0.0213. The molecule has 224 valence electrons. The van der Waals surface area contributed by atoms with Gasteiger partial charge in [0.15, 0.2) is 0 Å². The predicted molar refractivity (Wildman–Crippen MR) is 198 cm³/mol. The first-order valence-electron chi connectivity index (χ1n) is 16.6. The molecule has 0 atom stereocenters. The lowest BCUT2D eigenvalue weighted by molar-refractivity contribution is 0.487. The first-order chi connectivity index (χ1) is 23.8. The van der Waals surface area contributed by atoms with E-state index in [1.807, 2.05) is 6.07 Å². The van der Waals surface area contributed by atoms with Crippen molar-refractivity contribution in [2.75, 3.05) is 0 Å². The number of ether oxygens (including phenoxy) is 1. The van der Waals surface area contributed by atoms with E-state index in [0.29, 0.717) is 0 Å². The average Bonchev–Trinajstić information content (AvgIpc) is 3.47. The Kier molecular flexibility index (Phi) is 5.86. The molecule has 48 heavy (non-hydrogen) atoms. The van der Waals surface area contributed by atoms with E-state index in [1.54, 1.807) is 0 Å². The third-order valence-corrected chi connectivity index (χ3v) is 10.4. The summed E-state index contributed by atoms with van der Waals surface area (Å²) in [4.78, 5) is 0. The van der Waals surface area contributed by atoms with Crippen molar-refractivity contribution >= 4 is 10.8 Å². The van der Waals surface area contributed by atoms with Gasteiger partial charge >= 0.3 is 0 Å². The normalized spacial score (nSPS) is 13.3. The van der Waals surface area contributed by atoms with Crippen molar-refractivity contribution in [1.29, 1.82) is 0 Å². The van der Waals surface area contributed by atoms with Gasteiger partial charge in [-0.15, -0.1) is 0 Å². The van der Waals surface area contributed by atoms with Gasteiger partial charge in [0, 0.05) is 10.9 Å². The van der Waals surface area contributed by atoms with E-state index in [9.17, 15) is 0 Å². The maximum Gasteiger partial charge on any atom is 0.135 e. The van der Waals surface area contributed by atoms with Gasteiger partial charge < -0.3 is 4.74 Å². The Balaban J connectivity index is 1.26. The zero-order valence-electron chi connectivity index (χ0n) is 26.2. The van der Waals surface area contributed by atoms with Gasteiger partial charge in [-0.05, 0) is 78.7 Å². The Morgan fingerprint density at radius 2 is 0.854 bits per heavy atom. The van der Waals surface area contributed by atoms with Crippen LogP contribution in [0.25, 0.3) is 55.3 Å². The van der Waals surface area contributed by atoms with E-state index in [1.165, 1.54) is 72.0 Å². The molecule has 0 amide bonds. The first kappa shape index (κ1) is 27.0. The molecule has 1 nitrogen and oxygen atoms in total. The summed E-state index contributed by atoms with van der Waals surface area (Å²) in [6.45, 7) is 0. The van der Waals surface area contributed by atoms with Crippen LogP contribution in [0, 0.1) is 0 Å². The summed E-state index contributed by atoms with van der Waals surface area (Å²) in [7, 11) is 0. The standard InChI is InChI=1S/C47H30O/c1-3-15-31(16-4-1)47(32-17-5-2-6-18-32)41-26-11-9-22-40(41)45-37(25-14-27-42(45)47)34-20-8-7-19-33(34)35-29-30-44-46-38(35)23-13-24-39(46)36-21-10-12-28-43(36)48-44/h1-30H. The monoisotopic (exact) mass is 610 g/mol. The highest BCUT2D eigenvalue weighted by Gasteiger charge is 2.46. The van der Waals surface area contributed by atoms with Crippen LogP contribution < -0.4 is 4.74 Å². The quantitative estimate of drug-likeness (QED) is 0.193. The fourth-order valence-corrected chi connectivity index (χ4v) is 8.49. The average molecular weight is 611 g/mol. The summed E-state index contributed by atoms with van der Waals surface area (Å²) >= 11 is 0. The van der Waals surface area contributed by atoms with Gasteiger partial charge in [0.25, 0.3) is 0 Å². The minimum Gasteiger partial charge on any atom is -0.456 e. The van der Waals surface area contributed by atoms with Crippen LogP contribution in [0.2, 0.25) is 0 Å². The highest BCUT2D eigenvalue weighted by molar-refractivity contribution is 6.11. The largest absolute Gasteiger partial charge is 0.456 e. The Morgan fingerprint density at radius 3 is 1.60 bits per heavy atom. The van der Waals surface area contributed by atoms with Gasteiger partial charge in [-0.25, -0.2) is 0 Å². The molecule has 0 spiro atoms. The van der Waals surface area contributed by atoms with Gasteiger partial charge in [-0.1, -0.05) is 170 Å². The number of benzene rings is 8. The second-order valence-electron chi connectivity index (χ2n) is 12.7. The molecule has 0 radical (unpaired) electrons. The molecule has 1 heteroatoms. The molecule has 0 saturated heterocycles. The lowest BCUT2D eigenvalue weighted by atomic mass is 9.67. The van der Waals surface area contributed by atoms with Crippen molar-refractivity contribution in [1.82, 2.24) is 0 Å². The summed E-state index contributed by atoms with van der Waals surface area (Å²) in [6, 6.07) is 66.2. The number of hydrogen-bond donors (Lipinski definition) is 0. The van der Waals surface area contributed by atoms with Crippen molar-refractivity contribution in [3.63, 3.8) is 0 Å². The maximum atomic E-state index is 6.46. The molecule has 8 aromatic rings. The van der Waals surface area contributed by atoms with Crippen LogP contribution in [0.5, 0.6) is 11.5 Å². The molecule has 0 saturated carbocycles. The lowest BCUT2D eigenvalue weighted by Gasteiger charge is -2.34. The summed E-state index contributed by atoms with van der Waals surface area (Å²) in [5.74, 6) is 1.81. The van der Waals surface area contributed by atoms with Crippen LogP contribution >= 0.6 is 0 Å². The summed E-state index contributed by atoms with van der Waals surface area (Å²) in [5.41, 5.74) is 14.6. The molecule has 0 aromatic heterocycles. The second kappa shape index (κ2) is 10.4. The summed E-state index contributed by atoms with van der Waals surface area (Å²) in [6.07, 6.45) is 0. The van der Waals surface area contributed by atoms with Gasteiger partial charge in [0.1, 0.15) is 11.5 Å². The van der Waals surface area contributed by atoms with Crippen LogP contribution in [0.15, 0.2) is 182 Å². The van der Waals surface area contributed by atoms with E-state index in [0.717, 1.165) is 17.1 Å². The van der Waals surface area contributed by atoms with Crippen molar-refractivity contribution in [2.24, 2.45) is 0 Å². The fourth-order valence-electron chi connectivity index (χ4n) is 8.49. The second-order valence-corrected chi connectivity index (χ2v) is 12.7. The predicted octanol–water partition coefficient (Wildman–Crippen LogP) is 12.3. The van der Waals surface area contributed by atoms with E-state index in [-0.39, 0.29) is 0 Å². The minimum absolute atomic E-state index is 0.440. The van der Waals surface area contributed by atoms with E-state index < -0.39 is 5.41 Å². The van der Waals surface area contributed by atoms with Crippen molar-refractivity contribution in [3.8, 4) is 56.0 Å². The molecule has 2 aliphatic rings. The molecule has 0 N–H and O–H groups in total. The Labute approximate surface area is 280 Å². The van der Waals surface area contributed by atoms with Crippen LogP contribution in [-0.2, 0) is 5.41 Å². The van der Waals surface area contributed by atoms with Gasteiger partial charge in [-0.2, -0.15) is 0 Å². The van der Waals surface area contributed by atoms with Crippen LogP contribution in [0.3, 0.4) is 0 Å². The van der Waals surface area contributed by atoms with E-state index >= 15 is 0 Å². The SMILES string of the molecule is c1ccc(C2(c3ccccc3)c3ccccc3-c3c(-c4ccccc4-c4ccc5c6c(cccc46)-c4ccccc4O5)cccc32)cc1. The highest BCUT2D eigenvalue weighted by atomic mass is 16.5.